The fraction of sp³-hybridized carbons (Fsp3) is 0.319. The van der Waals surface area contributed by atoms with E-state index in [2.05, 4.69) is 25.9 Å². The lowest BCUT2D eigenvalue weighted by molar-refractivity contribution is -0.136. The molecular weight excluding hydrogens is 805 g/mol. The summed E-state index contributed by atoms with van der Waals surface area (Å²) in [5.74, 6) is -1.36. The van der Waals surface area contributed by atoms with Gasteiger partial charge >= 0.3 is 6.18 Å². The molecule has 11 nitrogen and oxygen atoms in total. The Morgan fingerprint density at radius 1 is 0.726 bits per heavy atom. The normalized spacial score (nSPS) is 14.4. The molecule has 6 N–H and O–H groups in total. The second-order valence-electron chi connectivity index (χ2n) is 17.4. The molecule has 326 valence electrons. The highest BCUT2D eigenvalue weighted by molar-refractivity contribution is 6.08. The van der Waals surface area contributed by atoms with E-state index >= 15 is 0 Å². The first-order chi connectivity index (χ1) is 29.0. The number of hydrogen-bond acceptors (Lipinski definition) is 7. The van der Waals surface area contributed by atoms with Crippen molar-refractivity contribution < 1.29 is 32.3 Å². The Bertz CT molecular complexity index is 2820. The van der Waals surface area contributed by atoms with Crippen LogP contribution in [0.1, 0.15) is 90.9 Å². The average Bonchev–Trinajstić information content (AvgIpc) is 3.62. The maximum Gasteiger partial charge on any atom is 0.418 e. The number of pyridine rings is 2. The number of fused-ring (bicyclic) bond motifs is 2. The van der Waals surface area contributed by atoms with Crippen LogP contribution in [0.5, 0.6) is 5.75 Å². The summed E-state index contributed by atoms with van der Waals surface area (Å²) >= 11 is 0. The summed E-state index contributed by atoms with van der Waals surface area (Å²) in [6.45, 7) is 14.3. The highest BCUT2D eigenvalue weighted by atomic mass is 19.4. The summed E-state index contributed by atoms with van der Waals surface area (Å²) in [6.07, 6.45) is -2.97. The van der Waals surface area contributed by atoms with Crippen LogP contribution in [0.3, 0.4) is 0 Å². The first kappa shape index (κ1) is 44.9. The minimum atomic E-state index is -4.75. The Morgan fingerprint density at radius 3 is 1.84 bits per heavy atom. The fourth-order valence-corrected chi connectivity index (χ4v) is 7.57. The summed E-state index contributed by atoms with van der Waals surface area (Å²) < 4.78 is 54.5. The molecule has 1 fully saturated rings. The summed E-state index contributed by atoms with van der Waals surface area (Å²) in [5, 5.41) is 19.4. The lowest BCUT2D eigenvalue weighted by Gasteiger charge is -2.28. The number of phenolic OH excluding ortho intramolecular Hbond substituents is 1. The molecular formula is C47H50F4N6O5. The number of halogens is 4. The van der Waals surface area contributed by atoms with Gasteiger partial charge < -0.3 is 35.9 Å². The summed E-state index contributed by atoms with van der Waals surface area (Å²) in [6, 6.07) is 17.5. The molecule has 1 saturated heterocycles. The van der Waals surface area contributed by atoms with Crippen LogP contribution in [0, 0.1) is 6.92 Å². The minimum Gasteiger partial charge on any atom is -0.508 e. The fourth-order valence-electron chi connectivity index (χ4n) is 7.57. The zero-order valence-corrected chi connectivity index (χ0v) is 35.7. The summed E-state index contributed by atoms with van der Waals surface area (Å²) in [7, 11) is 1.73. The number of nitrogens with zero attached hydrogens (tertiary/aromatic N) is 1. The van der Waals surface area contributed by atoms with E-state index in [0.717, 1.165) is 23.3 Å². The van der Waals surface area contributed by atoms with Gasteiger partial charge in [-0.15, -0.1) is 0 Å². The van der Waals surface area contributed by atoms with Crippen molar-refractivity contribution in [3.63, 3.8) is 0 Å². The Kier molecular flexibility index (Phi) is 12.3. The molecule has 4 aromatic carbocycles. The van der Waals surface area contributed by atoms with Crippen LogP contribution < -0.4 is 31.7 Å². The molecule has 0 spiro atoms. The number of aromatic nitrogens is 2. The Balaban J connectivity index is 0.000000207. The van der Waals surface area contributed by atoms with Crippen molar-refractivity contribution in [2.75, 3.05) is 41.0 Å². The van der Waals surface area contributed by atoms with Crippen LogP contribution in [-0.4, -0.2) is 53.2 Å². The zero-order valence-electron chi connectivity index (χ0n) is 35.7. The SMILES string of the molecule is CNc1cccc2[nH]cc(C(=O)Nc3cc(O)c(C(C)(C)C)cc3C(C)(C)C)c(=O)c12.Cc1cccc2[nH]cc(C(=O)Nc3ccc(N4CC[C@@H](F)C4)cc3C(F)(F)F)c(=O)c12. The van der Waals surface area contributed by atoms with Crippen molar-refractivity contribution >= 4 is 56.4 Å². The van der Waals surface area contributed by atoms with Gasteiger partial charge in [0.05, 0.1) is 22.2 Å². The van der Waals surface area contributed by atoms with Gasteiger partial charge in [0.25, 0.3) is 11.8 Å². The van der Waals surface area contributed by atoms with E-state index in [9.17, 15) is 41.8 Å². The van der Waals surface area contributed by atoms with Gasteiger partial charge in [0.2, 0.25) is 10.9 Å². The van der Waals surface area contributed by atoms with E-state index in [1.807, 2.05) is 53.7 Å². The lowest BCUT2D eigenvalue weighted by atomic mass is 9.79. The highest BCUT2D eigenvalue weighted by Gasteiger charge is 2.36. The minimum absolute atomic E-state index is 0.00875. The second-order valence-corrected chi connectivity index (χ2v) is 17.4. The Hall–Kier alpha value is -6.64. The number of phenols is 1. The molecule has 7 rings (SSSR count). The van der Waals surface area contributed by atoms with Crippen molar-refractivity contribution in [2.24, 2.45) is 0 Å². The number of nitrogens with one attached hydrogen (secondary N) is 5. The van der Waals surface area contributed by atoms with E-state index < -0.39 is 40.8 Å². The topological polar surface area (TPSA) is 159 Å². The highest BCUT2D eigenvalue weighted by Crippen LogP contribution is 2.40. The third-order valence-corrected chi connectivity index (χ3v) is 10.8. The van der Waals surface area contributed by atoms with Crippen molar-refractivity contribution in [3.8, 4) is 5.75 Å². The van der Waals surface area contributed by atoms with Crippen LogP contribution in [-0.2, 0) is 17.0 Å². The zero-order chi connectivity index (χ0) is 45.5. The Labute approximate surface area is 355 Å². The van der Waals surface area contributed by atoms with Crippen LogP contribution in [0.4, 0.5) is 40.3 Å². The number of aryl methyl sites for hydroxylation is 1. The summed E-state index contributed by atoms with van der Waals surface area (Å²) in [5.41, 5.74) is 1.59. The molecule has 15 heteroatoms. The van der Waals surface area contributed by atoms with E-state index in [-0.39, 0.29) is 51.8 Å². The largest absolute Gasteiger partial charge is 0.508 e. The molecule has 62 heavy (non-hydrogen) atoms. The molecule has 0 radical (unpaired) electrons. The van der Waals surface area contributed by atoms with E-state index in [1.54, 1.807) is 50.4 Å². The molecule has 1 aliphatic heterocycles. The van der Waals surface area contributed by atoms with Gasteiger partial charge in [-0.05, 0) is 83.3 Å². The predicted octanol–water partition coefficient (Wildman–Crippen LogP) is 9.78. The van der Waals surface area contributed by atoms with Gasteiger partial charge in [-0.25, -0.2) is 4.39 Å². The third-order valence-electron chi connectivity index (χ3n) is 10.8. The number of aromatic amines is 2. The second kappa shape index (κ2) is 17.0. The molecule has 1 aliphatic rings. The maximum absolute atomic E-state index is 13.7. The molecule has 0 saturated carbocycles. The molecule has 0 aliphatic carbocycles. The lowest BCUT2D eigenvalue weighted by Crippen LogP contribution is -2.25. The molecule has 1 atom stereocenters. The van der Waals surface area contributed by atoms with E-state index in [1.165, 1.54) is 23.4 Å². The van der Waals surface area contributed by atoms with Crippen LogP contribution in [0.2, 0.25) is 0 Å². The standard InChI is InChI=1S/C25H31N3O3.C22H19F4N3O2/c1-24(2,3)15-11-16(25(4,5)6)20(29)12-19(15)28-23(31)14-13-27-18-10-8-9-17(26-7)21(18)22(14)30;1-12-3-2-4-18-19(12)20(30)15(10-27-18)21(31)28-17-6-5-14(9-16(17)22(24,25)26)29-8-7-13(23)11-29/h8-13,26,29H,1-7H3,(H,27,30)(H,28,31);2-6,9-10,13H,7-8,11H2,1H3,(H,27,30)(H,28,31)/t;13-/m.1/s1. The van der Waals surface area contributed by atoms with Crippen LogP contribution >= 0.6 is 0 Å². The number of aromatic hydroxyl groups is 1. The first-order valence-corrected chi connectivity index (χ1v) is 20.0. The number of carbonyl (C=O) groups is 2. The van der Waals surface area contributed by atoms with Crippen molar-refractivity contribution in [2.45, 2.75) is 78.1 Å². The van der Waals surface area contributed by atoms with Crippen molar-refractivity contribution in [1.82, 2.24) is 9.97 Å². The van der Waals surface area contributed by atoms with Gasteiger partial charge in [-0.3, -0.25) is 19.2 Å². The van der Waals surface area contributed by atoms with E-state index in [4.69, 9.17) is 0 Å². The van der Waals surface area contributed by atoms with Crippen molar-refractivity contribution in [1.29, 1.82) is 0 Å². The number of amides is 2. The number of alkyl halides is 4. The number of rotatable bonds is 6. The molecule has 0 unspecified atom stereocenters. The maximum atomic E-state index is 13.7. The van der Waals surface area contributed by atoms with Crippen molar-refractivity contribution in [3.05, 3.63) is 133 Å². The monoisotopic (exact) mass is 854 g/mol. The molecule has 0 bridgehead atoms. The van der Waals surface area contributed by atoms with Crippen LogP contribution in [0.25, 0.3) is 21.8 Å². The predicted molar refractivity (Wildman–Crippen MR) is 238 cm³/mol. The van der Waals surface area contributed by atoms with Gasteiger partial charge in [0.15, 0.2) is 0 Å². The Morgan fingerprint density at radius 2 is 1.29 bits per heavy atom. The molecule has 6 aromatic rings. The number of carbonyl (C=O) groups excluding carboxylic acids is 2. The summed E-state index contributed by atoms with van der Waals surface area (Å²) in [4.78, 5) is 59.1. The van der Waals surface area contributed by atoms with E-state index in [0.29, 0.717) is 45.3 Å². The quantitative estimate of drug-likeness (QED) is 0.0910. The number of hydrogen-bond donors (Lipinski definition) is 6. The van der Waals surface area contributed by atoms with Gasteiger partial charge in [0.1, 0.15) is 23.0 Å². The first-order valence-electron chi connectivity index (χ1n) is 20.0. The van der Waals surface area contributed by atoms with Gasteiger partial charge in [0, 0.05) is 66.6 Å². The number of H-pyrrole nitrogens is 2. The molecule has 2 amide bonds. The average molecular weight is 855 g/mol. The van der Waals surface area contributed by atoms with Gasteiger partial charge in [-0.1, -0.05) is 59.7 Å². The van der Waals surface area contributed by atoms with Crippen LogP contribution in [0.15, 0.2) is 88.7 Å². The number of anilines is 4. The number of benzene rings is 4. The van der Waals surface area contributed by atoms with Gasteiger partial charge in [-0.2, -0.15) is 13.2 Å². The molecule has 3 heterocycles. The third kappa shape index (κ3) is 9.31. The smallest absolute Gasteiger partial charge is 0.418 e. The molecule has 2 aromatic heterocycles.